The molecule has 20 heavy (non-hydrogen) atoms. The number of carbonyl (C=O) groups is 2. The lowest BCUT2D eigenvalue weighted by Gasteiger charge is -2.29. The van der Waals surface area contributed by atoms with E-state index in [1.807, 2.05) is 0 Å². The fraction of sp³-hybridized carbons (Fsp3) is 0.385. The second-order valence-corrected chi connectivity index (χ2v) is 4.91. The summed E-state index contributed by atoms with van der Waals surface area (Å²) in [7, 11) is 0. The first-order valence-corrected chi connectivity index (χ1v) is 6.02. The molecule has 0 spiro atoms. The molecule has 4 nitrogen and oxygen atoms in total. The lowest BCUT2D eigenvalue weighted by Crippen LogP contribution is -2.43. The standard InChI is InChI=1S/C13H13F3N2O2/c1-7-4-11(19)18(12(20)5-7)10-3-2-8(6-9(10)17)13(14,15)16/h2-3,6-7H,4-5,17H2,1H3. The van der Waals surface area contributed by atoms with Crippen LogP contribution in [0.4, 0.5) is 24.5 Å². The molecule has 108 valence electrons. The molecule has 0 saturated carbocycles. The molecule has 1 aromatic rings. The summed E-state index contributed by atoms with van der Waals surface area (Å²) in [4.78, 5) is 24.6. The molecule has 2 rings (SSSR count). The van der Waals surface area contributed by atoms with Gasteiger partial charge in [-0.2, -0.15) is 13.2 Å². The van der Waals surface area contributed by atoms with Crippen LogP contribution in [0.2, 0.25) is 0 Å². The molecule has 1 aliphatic heterocycles. The van der Waals surface area contributed by atoms with Gasteiger partial charge in [-0.1, -0.05) is 6.92 Å². The Morgan fingerprint density at radius 2 is 1.75 bits per heavy atom. The number of nitrogen functional groups attached to an aromatic ring is 1. The van der Waals surface area contributed by atoms with Crippen molar-refractivity contribution in [1.82, 2.24) is 0 Å². The lowest BCUT2D eigenvalue weighted by molar-refractivity contribution is -0.137. The maximum absolute atomic E-state index is 12.5. The Balaban J connectivity index is 2.39. The number of alkyl halides is 3. The molecule has 1 aromatic carbocycles. The van der Waals surface area contributed by atoms with Crippen molar-refractivity contribution < 1.29 is 22.8 Å². The van der Waals surface area contributed by atoms with Gasteiger partial charge in [-0.25, -0.2) is 4.90 Å². The zero-order chi connectivity index (χ0) is 15.1. The van der Waals surface area contributed by atoms with Gasteiger partial charge in [0.15, 0.2) is 0 Å². The van der Waals surface area contributed by atoms with Crippen molar-refractivity contribution in [1.29, 1.82) is 0 Å². The third kappa shape index (κ3) is 2.61. The third-order valence-corrected chi connectivity index (χ3v) is 3.14. The van der Waals surface area contributed by atoms with Crippen LogP contribution in [0, 0.1) is 5.92 Å². The van der Waals surface area contributed by atoms with Crippen molar-refractivity contribution in [2.24, 2.45) is 5.92 Å². The minimum Gasteiger partial charge on any atom is -0.397 e. The number of hydrogen-bond acceptors (Lipinski definition) is 3. The predicted molar refractivity (Wildman–Crippen MR) is 66.7 cm³/mol. The number of piperidine rings is 1. The minimum atomic E-state index is -4.52. The Hall–Kier alpha value is -2.05. The van der Waals surface area contributed by atoms with Gasteiger partial charge >= 0.3 is 6.18 Å². The monoisotopic (exact) mass is 286 g/mol. The highest BCUT2D eigenvalue weighted by molar-refractivity contribution is 6.18. The molecular weight excluding hydrogens is 273 g/mol. The van der Waals surface area contributed by atoms with Crippen LogP contribution in [0.5, 0.6) is 0 Å². The molecule has 0 aliphatic carbocycles. The van der Waals surface area contributed by atoms with Crippen molar-refractivity contribution in [2.45, 2.75) is 25.9 Å². The number of carbonyl (C=O) groups excluding carboxylic acids is 2. The second-order valence-electron chi connectivity index (χ2n) is 4.91. The van der Waals surface area contributed by atoms with Crippen molar-refractivity contribution in [3.05, 3.63) is 23.8 Å². The van der Waals surface area contributed by atoms with E-state index in [0.29, 0.717) is 0 Å². The second kappa shape index (κ2) is 4.81. The normalized spacial score (nSPS) is 17.7. The zero-order valence-corrected chi connectivity index (χ0v) is 10.7. The molecule has 1 heterocycles. The van der Waals surface area contributed by atoms with Gasteiger partial charge < -0.3 is 5.73 Å². The summed E-state index contributed by atoms with van der Waals surface area (Å²) in [5.74, 6) is -0.956. The number of hydrogen-bond donors (Lipinski definition) is 1. The van der Waals surface area contributed by atoms with Gasteiger partial charge in [-0.3, -0.25) is 9.59 Å². The topological polar surface area (TPSA) is 63.4 Å². The summed E-state index contributed by atoms with van der Waals surface area (Å²) in [5.41, 5.74) is 4.42. The number of imide groups is 1. The molecule has 1 fully saturated rings. The van der Waals surface area contributed by atoms with Gasteiger partial charge in [-0.05, 0) is 24.1 Å². The average molecular weight is 286 g/mol. The fourth-order valence-corrected chi connectivity index (χ4v) is 2.19. The number of nitrogens with two attached hydrogens (primary N) is 1. The first kappa shape index (κ1) is 14.4. The Morgan fingerprint density at radius 3 is 2.20 bits per heavy atom. The van der Waals surface area contributed by atoms with E-state index in [9.17, 15) is 22.8 Å². The Kier molecular flexibility index (Phi) is 3.45. The number of nitrogens with zero attached hydrogens (tertiary/aromatic N) is 1. The molecule has 0 aromatic heterocycles. The van der Waals surface area contributed by atoms with Crippen LogP contribution >= 0.6 is 0 Å². The summed E-state index contributed by atoms with van der Waals surface area (Å²) in [6.45, 7) is 1.77. The lowest BCUT2D eigenvalue weighted by atomic mass is 9.97. The molecule has 0 bridgehead atoms. The number of benzene rings is 1. The van der Waals surface area contributed by atoms with Crippen LogP contribution in [0.25, 0.3) is 0 Å². The largest absolute Gasteiger partial charge is 0.416 e. The van der Waals surface area contributed by atoms with Crippen LogP contribution in [-0.4, -0.2) is 11.8 Å². The first-order chi connectivity index (χ1) is 9.20. The highest BCUT2D eigenvalue weighted by Gasteiger charge is 2.35. The molecular formula is C13H13F3N2O2. The van der Waals surface area contributed by atoms with Crippen LogP contribution < -0.4 is 10.6 Å². The molecule has 2 amide bonds. The summed E-state index contributed by atoms with van der Waals surface area (Å²) in [6.07, 6.45) is -4.17. The summed E-state index contributed by atoms with van der Waals surface area (Å²) in [6, 6.07) is 2.60. The van der Waals surface area contributed by atoms with E-state index in [1.54, 1.807) is 6.92 Å². The van der Waals surface area contributed by atoms with Gasteiger partial charge in [0.2, 0.25) is 11.8 Å². The molecule has 1 saturated heterocycles. The van der Waals surface area contributed by atoms with Gasteiger partial charge in [0.25, 0.3) is 0 Å². The third-order valence-electron chi connectivity index (χ3n) is 3.14. The van der Waals surface area contributed by atoms with E-state index in [0.717, 1.165) is 23.1 Å². The SMILES string of the molecule is CC1CC(=O)N(c2ccc(C(F)(F)F)cc2N)C(=O)C1. The Labute approximate surface area is 113 Å². The smallest absolute Gasteiger partial charge is 0.397 e. The van der Waals surface area contributed by atoms with E-state index < -0.39 is 23.6 Å². The summed E-state index contributed by atoms with van der Waals surface area (Å²) < 4.78 is 37.6. The van der Waals surface area contributed by atoms with Crippen LogP contribution in [0.15, 0.2) is 18.2 Å². The molecule has 2 N–H and O–H groups in total. The van der Waals surface area contributed by atoms with Crippen molar-refractivity contribution in [3.8, 4) is 0 Å². The molecule has 0 atom stereocenters. The van der Waals surface area contributed by atoms with Crippen molar-refractivity contribution >= 4 is 23.2 Å². The van der Waals surface area contributed by atoms with Crippen LogP contribution in [-0.2, 0) is 15.8 Å². The van der Waals surface area contributed by atoms with Gasteiger partial charge in [0, 0.05) is 12.8 Å². The maximum atomic E-state index is 12.5. The molecule has 1 aliphatic rings. The summed E-state index contributed by atoms with van der Waals surface area (Å²) in [5, 5.41) is 0. The molecule has 7 heteroatoms. The van der Waals surface area contributed by atoms with E-state index in [4.69, 9.17) is 5.73 Å². The molecule has 0 radical (unpaired) electrons. The van der Waals surface area contributed by atoms with Crippen molar-refractivity contribution in [2.75, 3.05) is 10.6 Å². The van der Waals surface area contributed by atoms with E-state index >= 15 is 0 Å². The Bertz CT molecular complexity index is 551. The first-order valence-electron chi connectivity index (χ1n) is 6.02. The van der Waals surface area contributed by atoms with Gasteiger partial charge in [0.05, 0.1) is 16.9 Å². The quantitative estimate of drug-likeness (QED) is 0.637. The van der Waals surface area contributed by atoms with Crippen molar-refractivity contribution in [3.63, 3.8) is 0 Å². The number of halogens is 3. The number of rotatable bonds is 1. The van der Waals surface area contributed by atoms with Gasteiger partial charge in [0.1, 0.15) is 0 Å². The highest BCUT2D eigenvalue weighted by atomic mass is 19.4. The van der Waals surface area contributed by atoms with E-state index in [2.05, 4.69) is 0 Å². The molecule has 0 unspecified atom stereocenters. The average Bonchev–Trinajstić information content (AvgIpc) is 2.28. The van der Waals surface area contributed by atoms with Gasteiger partial charge in [-0.15, -0.1) is 0 Å². The van der Waals surface area contributed by atoms with E-state index in [-0.39, 0.29) is 30.1 Å². The maximum Gasteiger partial charge on any atom is 0.416 e. The number of amides is 2. The van der Waals surface area contributed by atoms with Crippen LogP contribution in [0.3, 0.4) is 0 Å². The van der Waals surface area contributed by atoms with Crippen LogP contribution in [0.1, 0.15) is 25.3 Å². The zero-order valence-electron chi connectivity index (χ0n) is 10.7. The minimum absolute atomic E-state index is 0.0138. The van der Waals surface area contributed by atoms with E-state index in [1.165, 1.54) is 0 Å². The predicted octanol–water partition coefficient (Wildman–Crippen LogP) is 2.58. The number of anilines is 2. The summed E-state index contributed by atoms with van der Waals surface area (Å²) >= 11 is 0. The fourth-order valence-electron chi connectivity index (χ4n) is 2.19. The Morgan fingerprint density at radius 1 is 1.20 bits per heavy atom. The highest BCUT2D eigenvalue weighted by Crippen LogP contribution is 2.35.